The summed E-state index contributed by atoms with van der Waals surface area (Å²) < 4.78 is 0. The summed E-state index contributed by atoms with van der Waals surface area (Å²) in [6.07, 6.45) is 7.80. The molecule has 1 amide bonds. The Morgan fingerprint density at radius 2 is 1.73 bits per heavy atom. The van der Waals surface area contributed by atoms with Gasteiger partial charge in [-0.05, 0) is 165 Å². The van der Waals surface area contributed by atoms with Crippen molar-refractivity contribution in [2.24, 2.45) is 51.3 Å². The number of ketones is 1. The summed E-state index contributed by atoms with van der Waals surface area (Å²) in [7, 11) is 0. The van der Waals surface area contributed by atoms with E-state index in [0.29, 0.717) is 84.9 Å². The number of aromatic hydroxyl groups is 1. The fourth-order valence-electron chi connectivity index (χ4n) is 14.7. The number of hydrogen-bond acceptors (Lipinski definition) is 13. The lowest BCUT2D eigenvalue weighted by Crippen LogP contribution is -2.65. The zero-order valence-electron chi connectivity index (χ0n) is 47.1. The molecule has 3 aliphatic carbocycles. The van der Waals surface area contributed by atoms with Crippen molar-refractivity contribution in [3.63, 3.8) is 0 Å². The number of fused-ring (bicyclic) bond motifs is 3. The van der Waals surface area contributed by atoms with Gasteiger partial charge in [0.25, 0.3) is 0 Å². The van der Waals surface area contributed by atoms with E-state index < -0.39 is 76.8 Å². The quantitative estimate of drug-likeness (QED) is 0.0331. The van der Waals surface area contributed by atoms with Crippen LogP contribution in [0.3, 0.4) is 0 Å². The van der Waals surface area contributed by atoms with E-state index >= 15 is 4.79 Å². The lowest BCUT2D eigenvalue weighted by molar-refractivity contribution is -0.216. The molecule has 0 radical (unpaired) electrons. The van der Waals surface area contributed by atoms with E-state index in [1.807, 2.05) is 76.2 Å². The number of phenols is 1. The fourth-order valence-corrected chi connectivity index (χ4v) is 14.7. The SMILES string of the molecule is C=C(/C=C/C=C(/CO)[C@H]1C[C@@H]2CCC[C@@]3(O)CC/C4=C(/C)C(=O)Cc5cccc6c5[C@@H](NC[C@@H](O)[C@@H]([C@H](CN=C(N)N)c5ccc(O)cc5)Cc5cccc(c5)C[C@H](O)CC[C@H]4[C@@]23[C@@H]1O)C(=O)N[C@H]6N)[C@](O)(CC=C(C)C)NCC. The van der Waals surface area contributed by atoms with Crippen LogP contribution >= 0.6 is 0 Å². The van der Waals surface area contributed by atoms with Crippen molar-refractivity contribution in [2.75, 3.05) is 26.2 Å². The van der Waals surface area contributed by atoms with Crippen molar-refractivity contribution in [1.82, 2.24) is 16.0 Å². The van der Waals surface area contributed by atoms with Crippen molar-refractivity contribution < 1.29 is 45.3 Å². The number of likely N-dealkylation sites (N-methyl/N-ethyl adjacent to an activating group) is 1. The van der Waals surface area contributed by atoms with Gasteiger partial charge in [-0.2, -0.15) is 0 Å². The third kappa shape index (κ3) is 12.5. The zero-order valence-corrected chi connectivity index (χ0v) is 47.1. The standard InChI is InChI=1S/C64H87N7O9/c1-6-70-63(80,28-24-37(2)3)38(4)11-7-15-44(36-72)50-33-45-16-10-26-62(79)27-25-48-39(5)54(75)32-43-14-9-17-49-56(43)57(60(78)71-59(49)65)68-35-55(76)51(52(34-69-61(66)67)42-18-20-46(73)21-19-42)31-41-13-8-12-40(29-41)30-47(74)22-23-53(48)64(45,62)58(50)77/h7-9,11-15,17-21,24,29,45,47,50-53,55,57-59,68,70,72-74,76-77,79-80H,4,6,10,16,22-23,25-28,30-36,65H2,1-3,5H3,(H,71,78)(H4,66,67,69)/b11-7+,44-15-,48-39+/t45-,47+,50+,51+,52+,53+,55+,57+,58+,59+,62+,63+,64+/m0/s1. The minimum absolute atomic E-state index is 0.0655. The maximum absolute atomic E-state index is 15.2. The van der Waals surface area contributed by atoms with Gasteiger partial charge in [0, 0.05) is 43.2 Å². The van der Waals surface area contributed by atoms with Crippen molar-refractivity contribution in [1.29, 1.82) is 0 Å². The van der Waals surface area contributed by atoms with E-state index in [1.165, 1.54) is 0 Å². The van der Waals surface area contributed by atoms with Crippen LogP contribution in [-0.4, -0.2) is 109 Å². The van der Waals surface area contributed by atoms with Gasteiger partial charge in [-0.15, -0.1) is 0 Å². The molecule has 2 heterocycles. The number of amides is 1. The van der Waals surface area contributed by atoms with Gasteiger partial charge in [0.2, 0.25) is 5.91 Å². The number of allylic oxidation sites excluding steroid dienone is 5. The molecule has 16 N–H and O–H groups in total. The molecule has 13 atom stereocenters. The summed E-state index contributed by atoms with van der Waals surface area (Å²) in [5, 5.41) is 93.6. The summed E-state index contributed by atoms with van der Waals surface area (Å²) in [5.74, 6) is -3.00. The number of carbonyl (C=O) groups excluding carboxylic acids is 2. The predicted octanol–water partition coefficient (Wildman–Crippen LogP) is 5.51. The summed E-state index contributed by atoms with van der Waals surface area (Å²) in [6, 6.07) is 19.0. The number of carbonyl (C=O) groups is 2. The van der Waals surface area contributed by atoms with Gasteiger partial charge >= 0.3 is 0 Å². The first-order valence-electron chi connectivity index (χ1n) is 28.7. The van der Waals surface area contributed by atoms with Crippen LogP contribution in [0.2, 0.25) is 0 Å². The molecule has 3 aromatic carbocycles. The topological polar surface area (TPSA) is 302 Å². The average molecular weight is 1100 g/mol. The maximum atomic E-state index is 15.2. The number of nitrogens with zero attached hydrogens (tertiary/aromatic N) is 1. The third-order valence-electron chi connectivity index (χ3n) is 18.6. The van der Waals surface area contributed by atoms with E-state index in [0.717, 1.165) is 40.7 Å². The first-order chi connectivity index (χ1) is 38.1. The Balaban J connectivity index is 1.22. The molecule has 3 aromatic rings. The number of nitrogens with two attached hydrogens (primary N) is 3. The van der Waals surface area contributed by atoms with Crippen LogP contribution in [0.4, 0.5) is 0 Å². The number of Topliss-reactive ketones (excluding diaryl/α,β-unsaturated/α-hetero) is 1. The van der Waals surface area contributed by atoms with Crippen LogP contribution in [0, 0.1) is 29.1 Å². The highest BCUT2D eigenvalue weighted by Gasteiger charge is 2.70. The largest absolute Gasteiger partial charge is 0.508 e. The number of phenolic OH excluding ortho intramolecular Hbond substituents is 1. The molecule has 1 spiro atoms. The molecule has 3 saturated carbocycles. The van der Waals surface area contributed by atoms with E-state index in [9.17, 15) is 40.5 Å². The number of aliphatic imine (C=N–C) groups is 1. The van der Waals surface area contributed by atoms with Gasteiger partial charge in [-0.3, -0.25) is 25.2 Å². The molecule has 432 valence electrons. The minimum Gasteiger partial charge on any atom is -0.508 e. The van der Waals surface area contributed by atoms with E-state index in [2.05, 4.69) is 27.5 Å². The van der Waals surface area contributed by atoms with Crippen molar-refractivity contribution in [3.05, 3.63) is 159 Å². The predicted molar refractivity (Wildman–Crippen MR) is 311 cm³/mol. The molecule has 0 aromatic heterocycles. The second kappa shape index (κ2) is 25.6. The Hall–Kier alpha value is -5.79. The van der Waals surface area contributed by atoms with Crippen LogP contribution in [0.5, 0.6) is 5.75 Å². The molecule has 2 aliphatic heterocycles. The van der Waals surface area contributed by atoms with Crippen molar-refractivity contribution in [2.45, 2.75) is 153 Å². The number of β-amino-alcohol motifs (C(OH)–C–C–N with tert-alkyl or cyclic N) is 1. The second-order valence-electron chi connectivity index (χ2n) is 23.7. The van der Waals surface area contributed by atoms with Crippen molar-refractivity contribution in [3.8, 4) is 5.75 Å². The van der Waals surface area contributed by atoms with Gasteiger partial charge in [0.05, 0.1) is 30.5 Å². The summed E-state index contributed by atoms with van der Waals surface area (Å²) >= 11 is 0. The molecule has 0 unspecified atom stereocenters. The first-order valence-corrected chi connectivity index (χ1v) is 28.7. The van der Waals surface area contributed by atoms with Gasteiger partial charge in [-0.1, -0.05) is 110 Å². The number of benzene rings is 3. The van der Waals surface area contributed by atoms with Crippen LogP contribution in [0.25, 0.3) is 0 Å². The molecule has 8 rings (SSSR count). The van der Waals surface area contributed by atoms with Crippen molar-refractivity contribution >= 4 is 17.6 Å². The second-order valence-corrected chi connectivity index (χ2v) is 23.7. The molecule has 3 fully saturated rings. The van der Waals surface area contributed by atoms with E-state index in [4.69, 9.17) is 17.2 Å². The third-order valence-corrected chi connectivity index (χ3v) is 18.6. The maximum Gasteiger partial charge on any atom is 0.243 e. The monoisotopic (exact) mass is 1100 g/mol. The highest BCUT2D eigenvalue weighted by Crippen LogP contribution is 2.69. The lowest BCUT2D eigenvalue weighted by Gasteiger charge is -2.61. The molecular weight excluding hydrogens is 1010 g/mol. The van der Waals surface area contributed by atoms with Crippen LogP contribution < -0.4 is 33.2 Å². The minimum atomic E-state index is -1.40. The number of hydrogen-bond donors (Lipinski definition) is 13. The van der Waals surface area contributed by atoms with Gasteiger partial charge < -0.3 is 58.3 Å². The molecule has 5 aliphatic rings. The Bertz CT molecular complexity index is 2890. The Morgan fingerprint density at radius 3 is 2.42 bits per heavy atom. The van der Waals surface area contributed by atoms with Gasteiger partial charge in [0.1, 0.15) is 23.7 Å². The lowest BCUT2D eigenvalue weighted by atomic mass is 9.45. The van der Waals surface area contributed by atoms with Crippen LogP contribution in [-0.2, 0) is 28.9 Å². The average Bonchev–Trinajstić information content (AvgIpc) is 3.56. The number of rotatable bonds is 13. The van der Waals surface area contributed by atoms with Gasteiger partial charge in [0.15, 0.2) is 11.7 Å². The fraction of sp³-hybridized carbons (Fsp3) is 0.516. The number of aliphatic hydroxyl groups is 6. The number of aliphatic hydroxyl groups excluding tert-OH is 4. The molecular formula is C64H87N7O9. The number of nitrogens with one attached hydrogen (secondary N) is 3. The summed E-state index contributed by atoms with van der Waals surface area (Å²) in [6.45, 7) is 12.0. The molecule has 80 heavy (non-hydrogen) atoms. The van der Waals surface area contributed by atoms with E-state index in [-0.39, 0.29) is 62.4 Å². The normalized spacial score (nSPS) is 31.5. The smallest absolute Gasteiger partial charge is 0.243 e. The Morgan fingerprint density at radius 1 is 1.00 bits per heavy atom. The highest BCUT2D eigenvalue weighted by atomic mass is 16.3. The molecule has 0 saturated heterocycles. The summed E-state index contributed by atoms with van der Waals surface area (Å²) in [5.41, 5.74) is 22.2. The number of guanidine groups is 1. The molecule has 16 heteroatoms. The highest BCUT2D eigenvalue weighted by molar-refractivity contribution is 5.98. The molecule has 16 nitrogen and oxygen atoms in total. The van der Waals surface area contributed by atoms with Crippen LogP contribution in [0.15, 0.2) is 130 Å². The Kier molecular flexibility index (Phi) is 19.3. The van der Waals surface area contributed by atoms with Crippen LogP contribution in [0.1, 0.15) is 137 Å². The molecule has 2 bridgehead atoms. The van der Waals surface area contributed by atoms with E-state index in [1.54, 1.807) is 42.5 Å². The summed E-state index contributed by atoms with van der Waals surface area (Å²) in [4.78, 5) is 33.8. The van der Waals surface area contributed by atoms with Gasteiger partial charge in [-0.25, -0.2) is 0 Å². The first kappa shape index (κ1) is 60.3. The zero-order chi connectivity index (χ0) is 57.7. The Labute approximate surface area is 471 Å².